The van der Waals surface area contributed by atoms with Crippen LogP contribution in [-0.2, 0) is 9.53 Å². The minimum atomic E-state index is -0.558. The summed E-state index contributed by atoms with van der Waals surface area (Å²) < 4.78 is 6.52. The molecule has 1 saturated heterocycles. The van der Waals surface area contributed by atoms with Crippen molar-refractivity contribution in [3.63, 3.8) is 0 Å². The maximum Gasteiger partial charge on any atom is 0.329 e. The van der Waals surface area contributed by atoms with E-state index in [1.54, 1.807) is 12.1 Å². The minimum absolute atomic E-state index is 0.0801. The van der Waals surface area contributed by atoms with Crippen molar-refractivity contribution in [3.8, 4) is 6.07 Å². The number of nitrogens with one attached hydrogen (secondary N) is 2. The summed E-state index contributed by atoms with van der Waals surface area (Å²) in [6, 6.07) is 3.12. The average Bonchev–Trinajstić information content (AvgIpc) is 3.00. The molecule has 0 aliphatic carbocycles. The molecule has 9 heteroatoms. The van der Waals surface area contributed by atoms with Gasteiger partial charge in [-0.15, -0.1) is 11.3 Å². The first-order valence-corrected chi connectivity index (χ1v) is 9.76. The Bertz CT molecular complexity index is 1190. The van der Waals surface area contributed by atoms with Gasteiger partial charge in [0.25, 0.3) is 5.56 Å². The standard InChI is InChI=1S/C20H20N4O4S/c1-11(10-21)14(7-12(2)28-3)16-9-15-18(29-16)19(26)24(20(27)23-15)13-5-4-6-22-17(25)8-13/h7,9,13H,1-2,4-6,8H2,3H3,(H,22,25)(H,23,27)/b14-7+. The molecule has 150 valence electrons. The summed E-state index contributed by atoms with van der Waals surface area (Å²) in [6.07, 6.45) is 2.87. The summed E-state index contributed by atoms with van der Waals surface area (Å²) in [7, 11) is 1.45. The third-order valence-corrected chi connectivity index (χ3v) is 5.88. The third kappa shape index (κ3) is 4.07. The van der Waals surface area contributed by atoms with E-state index in [1.807, 2.05) is 6.07 Å². The number of aromatic nitrogens is 2. The lowest BCUT2D eigenvalue weighted by atomic mass is 10.1. The van der Waals surface area contributed by atoms with Gasteiger partial charge in [-0.1, -0.05) is 13.2 Å². The first-order valence-electron chi connectivity index (χ1n) is 8.95. The van der Waals surface area contributed by atoms with Crippen LogP contribution in [0.3, 0.4) is 0 Å². The number of carbonyl (C=O) groups is 1. The SMILES string of the molecule is C=C(/C=C(\C(=C)C#N)c1cc2[nH]c(=O)n(C3CCCNC(=O)C3)c(=O)c2s1)OC. The number of rotatable bonds is 5. The van der Waals surface area contributed by atoms with Gasteiger partial charge in [-0.2, -0.15) is 5.26 Å². The molecule has 1 fully saturated rings. The Morgan fingerprint density at radius 1 is 1.41 bits per heavy atom. The van der Waals surface area contributed by atoms with Crippen molar-refractivity contribution in [2.24, 2.45) is 0 Å². The molecule has 1 atom stereocenters. The number of carbonyl (C=O) groups excluding carboxylic acids is 1. The molecule has 3 heterocycles. The fraction of sp³-hybridized carbons (Fsp3) is 0.300. The molecule has 2 N–H and O–H groups in total. The van der Waals surface area contributed by atoms with Crippen molar-refractivity contribution in [3.05, 3.63) is 62.3 Å². The highest BCUT2D eigenvalue weighted by atomic mass is 32.1. The van der Waals surface area contributed by atoms with E-state index in [2.05, 4.69) is 23.5 Å². The van der Waals surface area contributed by atoms with E-state index in [9.17, 15) is 19.6 Å². The smallest absolute Gasteiger partial charge is 0.329 e. The molecule has 2 aromatic heterocycles. The number of hydrogen-bond acceptors (Lipinski definition) is 6. The molecule has 0 bridgehead atoms. The fourth-order valence-electron chi connectivity index (χ4n) is 3.25. The van der Waals surface area contributed by atoms with Gasteiger partial charge >= 0.3 is 5.69 Å². The zero-order valence-corrected chi connectivity index (χ0v) is 16.7. The molecule has 1 unspecified atom stereocenters. The quantitative estimate of drug-likeness (QED) is 0.444. The Labute approximate surface area is 170 Å². The second-order valence-electron chi connectivity index (χ2n) is 6.63. The van der Waals surface area contributed by atoms with E-state index in [-0.39, 0.29) is 17.9 Å². The number of methoxy groups -OCH3 is 1. The van der Waals surface area contributed by atoms with E-state index in [0.717, 1.165) is 15.9 Å². The Kier molecular flexibility index (Phi) is 5.84. The number of aromatic amines is 1. The molecule has 1 amide bonds. The first kappa shape index (κ1) is 20.4. The van der Waals surface area contributed by atoms with Gasteiger partial charge in [-0.3, -0.25) is 14.2 Å². The van der Waals surface area contributed by atoms with Gasteiger partial charge in [0.2, 0.25) is 5.91 Å². The van der Waals surface area contributed by atoms with Crippen molar-refractivity contribution in [2.75, 3.05) is 13.7 Å². The number of allylic oxidation sites excluding steroid dienone is 3. The molecule has 8 nitrogen and oxygen atoms in total. The Morgan fingerprint density at radius 2 is 2.17 bits per heavy atom. The normalized spacial score (nSPS) is 17.3. The van der Waals surface area contributed by atoms with Crippen LogP contribution in [0, 0.1) is 11.3 Å². The molecular weight excluding hydrogens is 392 g/mol. The predicted octanol–water partition coefficient (Wildman–Crippen LogP) is 2.22. The summed E-state index contributed by atoms with van der Waals surface area (Å²) in [5.41, 5.74) is -0.00210. The highest BCUT2D eigenvalue weighted by Crippen LogP contribution is 2.32. The summed E-state index contributed by atoms with van der Waals surface area (Å²) in [6.45, 7) is 7.99. The van der Waals surface area contributed by atoms with Gasteiger partial charge < -0.3 is 15.0 Å². The maximum atomic E-state index is 13.1. The molecule has 0 aromatic carbocycles. The number of amides is 1. The maximum absolute atomic E-state index is 13.1. The van der Waals surface area contributed by atoms with Gasteiger partial charge in [0.1, 0.15) is 10.5 Å². The monoisotopic (exact) mass is 412 g/mol. The van der Waals surface area contributed by atoms with Crippen LogP contribution in [0.25, 0.3) is 15.8 Å². The average molecular weight is 412 g/mol. The predicted molar refractivity (Wildman–Crippen MR) is 111 cm³/mol. The molecule has 3 rings (SSSR count). The largest absolute Gasteiger partial charge is 0.497 e. The van der Waals surface area contributed by atoms with Gasteiger partial charge in [0.15, 0.2) is 0 Å². The topological polar surface area (TPSA) is 117 Å². The van der Waals surface area contributed by atoms with Crippen LogP contribution in [0.15, 0.2) is 46.2 Å². The number of nitrogens with zero attached hydrogens (tertiary/aromatic N) is 2. The van der Waals surface area contributed by atoms with Crippen LogP contribution in [0.2, 0.25) is 0 Å². The summed E-state index contributed by atoms with van der Waals surface area (Å²) in [4.78, 5) is 40.9. The van der Waals surface area contributed by atoms with Crippen molar-refractivity contribution in [2.45, 2.75) is 25.3 Å². The van der Waals surface area contributed by atoms with E-state index in [1.165, 1.54) is 7.11 Å². The molecule has 0 radical (unpaired) electrons. The molecular formula is C20H20N4O4S. The third-order valence-electron chi connectivity index (χ3n) is 4.72. The number of hydrogen-bond donors (Lipinski definition) is 2. The zero-order chi connectivity index (χ0) is 21.1. The van der Waals surface area contributed by atoms with Crippen LogP contribution in [0.5, 0.6) is 0 Å². The highest BCUT2D eigenvalue weighted by Gasteiger charge is 2.24. The van der Waals surface area contributed by atoms with Gasteiger partial charge in [-0.25, -0.2) is 4.79 Å². The molecule has 1 aliphatic rings. The minimum Gasteiger partial charge on any atom is -0.497 e. The van der Waals surface area contributed by atoms with Crippen LogP contribution >= 0.6 is 11.3 Å². The lowest BCUT2D eigenvalue weighted by Crippen LogP contribution is -2.38. The lowest BCUT2D eigenvalue weighted by molar-refractivity contribution is -0.121. The Hall–Kier alpha value is -3.38. The van der Waals surface area contributed by atoms with Crippen molar-refractivity contribution >= 4 is 33.0 Å². The van der Waals surface area contributed by atoms with Gasteiger partial charge in [-0.05, 0) is 25.0 Å². The number of ether oxygens (including phenoxy) is 1. The summed E-state index contributed by atoms with van der Waals surface area (Å²) >= 11 is 1.14. The van der Waals surface area contributed by atoms with E-state index in [0.29, 0.717) is 45.8 Å². The molecule has 1 aliphatic heterocycles. The van der Waals surface area contributed by atoms with Crippen LogP contribution in [0.1, 0.15) is 30.2 Å². The van der Waals surface area contributed by atoms with E-state index in [4.69, 9.17) is 4.74 Å². The van der Waals surface area contributed by atoms with Crippen LogP contribution < -0.4 is 16.6 Å². The number of fused-ring (bicyclic) bond motifs is 1. The second-order valence-corrected chi connectivity index (χ2v) is 7.68. The molecule has 29 heavy (non-hydrogen) atoms. The Balaban J connectivity index is 2.16. The van der Waals surface area contributed by atoms with E-state index < -0.39 is 17.3 Å². The molecule has 0 spiro atoms. The Morgan fingerprint density at radius 3 is 2.86 bits per heavy atom. The fourth-order valence-corrected chi connectivity index (χ4v) is 4.34. The first-order chi connectivity index (χ1) is 13.8. The second kappa shape index (κ2) is 8.32. The number of H-pyrrole nitrogens is 1. The van der Waals surface area contributed by atoms with Crippen LogP contribution in [0.4, 0.5) is 0 Å². The van der Waals surface area contributed by atoms with Crippen molar-refractivity contribution in [1.29, 1.82) is 5.26 Å². The van der Waals surface area contributed by atoms with Crippen molar-refractivity contribution < 1.29 is 9.53 Å². The zero-order valence-electron chi connectivity index (χ0n) is 15.9. The summed E-state index contributed by atoms with van der Waals surface area (Å²) in [5, 5.41) is 12.0. The molecule has 0 saturated carbocycles. The lowest BCUT2D eigenvalue weighted by Gasteiger charge is -2.14. The van der Waals surface area contributed by atoms with Crippen LogP contribution in [-0.4, -0.2) is 29.1 Å². The van der Waals surface area contributed by atoms with Gasteiger partial charge in [0, 0.05) is 23.4 Å². The highest BCUT2D eigenvalue weighted by molar-refractivity contribution is 7.20. The summed E-state index contributed by atoms with van der Waals surface area (Å²) in [5.74, 6) is 0.142. The molecule has 2 aromatic rings. The number of nitriles is 1. The van der Waals surface area contributed by atoms with Gasteiger partial charge in [0.05, 0.1) is 30.3 Å². The number of thiophene rings is 1. The van der Waals surface area contributed by atoms with Crippen molar-refractivity contribution in [1.82, 2.24) is 14.9 Å². The van der Waals surface area contributed by atoms with E-state index >= 15 is 0 Å².